The van der Waals surface area contributed by atoms with Gasteiger partial charge in [0.2, 0.25) is 11.8 Å². The maximum absolute atomic E-state index is 12.1. The second-order valence-corrected chi connectivity index (χ2v) is 5.78. The first-order valence-corrected chi connectivity index (χ1v) is 8.27. The van der Waals surface area contributed by atoms with Gasteiger partial charge in [0.05, 0.1) is 12.5 Å². The van der Waals surface area contributed by atoms with Gasteiger partial charge in [0, 0.05) is 19.4 Å². The Labute approximate surface area is 142 Å². The van der Waals surface area contributed by atoms with E-state index in [1.807, 2.05) is 38.1 Å². The molecule has 0 bridgehead atoms. The Morgan fingerprint density at radius 1 is 1.12 bits per heavy atom. The maximum atomic E-state index is 12.1. The third-order valence-electron chi connectivity index (χ3n) is 3.66. The lowest BCUT2D eigenvalue weighted by Gasteiger charge is -2.19. The molecule has 1 rings (SSSR count). The van der Waals surface area contributed by atoms with Gasteiger partial charge >= 0.3 is 5.97 Å². The highest BCUT2D eigenvalue weighted by atomic mass is 16.4. The number of hydrogen-bond acceptors (Lipinski definition) is 3. The van der Waals surface area contributed by atoms with Crippen molar-refractivity contribution in [3.05, 3.63) is 35.4 Å². The molecule has 0 saturated carbocycles. The molecule has 1 unspecified atom stereocenters. The Morgan fingerprint density at radius 3 is 2.42 bits per heavy atom. The van der Waals surface area contributed by atoms with Crippen LogP contribution < -0.4 is 10.6 Å². The molecule has 1 aromatic rings. The predicted octanol–water partition coefficient (Wildman–Crippen LogP) is 2.32. The van der Waals surface area contributed by atoms with Crippen LogP contribution in [0.2, 0.25) is 0 Å². The van der Waals surface area contributed by atoms with Gasteiger partial charge in [0.15, 0.2) is 0 Å². The maximum Gasteiger partial charge on any atom is 0.305 e. The number of aryl methyl sites for hydroxylation is 1. The summed E-state index contributed by atoms with van der Waals surface area (Å²) < 4.78 is 0. The minimum atomic E-state index is -0.970. The molecule has 6 nitrogen and oxygen atoms in total. The number of benzene rings is 1. The van der Waals surface area contributed by atoms with E-state index in [-0.39, 0.29) is 24.7 Å². The molecule has 0 aliphatic carbocycles. The largest absolute Gasteiger partial charge is 0.481 e. The quantitative estimate of drug-likeness (QED) is 0.612. The molecule has 24 heavy (non-hydrogen) atoms. The molecule has 0 spiro atoms. The second kappa shape index (κ2) is 10.4. The molecule has 0 fully saturated rings. The van der Waals surface area contributed by atoms with E-state index in [0.717, 1.165) is 17.5 Å². The summed E-state index contributed by atoms with van der Waals surface area (Å²) in [6, 6.07) is 6.83. The Kier molecular flexibility index (Phi) is 8.54. The average Bonchev–Trinajstić information content (AvgIpc) is 2.52. The number of hydrogen-bond donors (Lipinski definition) is 3. The highest BCUT2D eigenvalue weighted by molar-refractivity contribution is 5.79. The minimum Gasteiger partial charge on any atom is -0.481 e. The lowest BCUT2D eigenvalue weighted by Crippen LogP contribution is -2.31. The third kappa shape index (κ3) is 7.26. The summed E-state index contributed by atoms with van der Waals surface area (Å²) in [6.45, 7) is 4.50. The summed E-state index contributed by atoms with van der Waals surface area (Å²) >= 11 is 0. The molecular formula is C18H26N2O4. The van der Waals surface area contributed by atoms with Gasteiger partial charge in [-0.3, -0.25) is 14.4 Å². The van der Waals surface area contributed by atoms with Crippen molar-refractivity contribution in [2.45, 2.75) is 52.0 Å². The van der Waals surface area contributed by atoms with E-state index in [4.69, 9.17) is 5.11 Å². The summed E-state index contributed by atoms with van der Waals surface area (Å²) in [5.74, 6) is -1.28. The molecule has 0 aromatic heterocycles. The first-order valence-electron chi connectivity index (χ1n) is 8.27. The number of rotatable bonds is 10. The Hall–Kier alpha value is -2.37. The van der Waals surface area contributed by atoms with Crippen molar-refractivity contribution in [2.75, 3.05) is 6.54 Å². The van der Waals surface area contributed by atoms with E-state index in [1.54, 1.807) is 0 Å². The second-order valence-electron chi connectivity index (χ2n) is 5.78. The van der Waals surface area contributed by atoms with Gasteiger partial charge in [-0.05, 0) is 30.9 Å². The van der Waals surface area contributed by atoms with Crippen LogP contribution in [0.1, 0.15) is 56.2 Å². The summed E-state index contributed by atoms with van der Waals surface area (Å²) in [6.07, 6.45) is 1.63. The molecule has 0 radical (unpaired) electrons. The van der Waals surface area contributed by atoms with Gasteiger partial charge in [-0.25, -0.2) is 0 Å². The summed E-state index contributed by atoms with van der Waals surface area (Å²) in [4.78, 5) is 34.7. The molecule has 132 valence electrons. The third-order valence-corrected chi connectivity index (χ3v) is 3.66. The Balaban J connectivity index is 2.55. The van der Waals surface area contributed by atoms with Crippen molar-refractivity contribution in [3.63, 3.8) is 0 Å². The molecular weight excluding hydrogens is 308 g/mol. The smallest absolute Gasteiger partial charge is 0.305 e. The van der Waals surface area contributed by atoms with E-state index >= 15 is 0 Å². The molecule has 3 N–H and O–H groups in total. The number of amides is 2. The molecule has 0 heterocycles. The van der Waals surface area contributed by atoms with Crippen LogP contribution >= 0.6 is 0 Å². The van der Waals surface area contributed by atoms with E-state index in [1.165, 1.54) is 0 Å². The zero-order valence-corrected chi connectivity index (χ0v) is 14.3. The van der Waals surface area contributed by atoms with Gasteiger partial charge in [-0.15, -0.1) is 0 Å². The van der Waals surface area contributed by atoms with E-state index in [0.29, 0.717) is 19.4 Å². The fourth-order valence-corrected chi connectivity index (χ4v) is 2.42. The summed E-state index contributed by atoms with van der Waals surface area (Å²) in [5, 5.41) is 14.6. The van der Waals surface area contributed by atoms with Gasteiger partial charge < -0.3 is 15.7 Å². The molecule has 1 atom stereocenters. The van der Waals surface area contributed by atoms with Crippen molar-refractivity contribution in [1.29, 1.82) is 0 Å². The van der Waals surface area contributed by atoms with Gasteiger partial charge in [0.25, 0.3) is 0 Å². The van der Waals surface area contributed by atoms with Crippen LogP contribution in [-0.4, -0.2) is 29.4 Å². The standard InChI is InChI=1S/C18H26N2O4/c1-3-11-19-16(21)9-6-10-17(22)20-15(12-18(23)24)14-8-5-4-7-13(14)2/h4-5,7-8,15H,3,6,9-12H2,1-2H3,(H,19,21)(H,20,22)(H,23,24). The molecule has 0 saturated heterocycles. The highest BCUT2D eigenvalue weighted by Gasteiger charge is 2.19. The van der Waals surface area contributed by atoms with Crippen molar-refractivity contribution >= 4 is 17.8 Å². The van der Waals surface area contributed by atoms with Crippen molar-refractivity contribution in [2.24, 2.45) is 0 Å². The van der Waals surface area contributed by atoms with Crippen LogP contribution in [0.3, 0.4) is 0 Å². The van der Waals surface area contributed by atoms with Gasteiger partial charge in [-0.2, -0.15) is 0 Å². The van der Waals surface area contributed by atoms with Crippen molar-refractivity contribution < 1.29 is 19.5 Å². The molecule has 6 heteroatoms. The first kappa shape index (κ1) is 19.7. The summed E-state index contributed by atoms with van der Waals surface area (Å²) in [5.41, 5.74) is 1.73. The SMILES string of the molecule is CCCNC(=O)CCCC(=O)NC(CC(=O)O)c1ccccc1C. The number of aliphatic carboxylic acids is 1. The highest BCUT2D eigenvalue weighted by Crippen LogP contribution is 2.21. The fourth-order valence-electron chi connectivity index (χ4n) is 2.42. The normalized spacial score (nSPS) is 11.6. The predicted molar refractivity (Wildman–Crippen MR) is 91.5 cm³/mol. The van der Waals surface area contributed by atoms with Crippen LogP contribution in [0, 0.1) is 6.92 Å². The number of carbonyl (C=O) groups is 3. The van der Waals surface area contributed by atoms with E-state index in [2.05, 4.69) is 10.6 Å². The molecule has 2 amide bonds. The molecule has 1 aromatic carbocycles. The fraction of sp³-hybridized carbons (Fsp3) is 0.500. The van der Waals surface area contributed by atoms with Gasteiger partial charge in [-0.1, -0.05) is 31.2 Å². The zero-order chi connectivity index (χ0) is 17.9. The van der Waals surface area contributed by atoms with Crippen molar-refractivity contribution in [1.82, 2.24) is 10.6 Å². The first-order chi connectivity index (χ1) is 11.4. The van der Waals surface area contributed by atoms with E-state index < -0.39 is 12.0 Å². The van der Waals surface area contributed by atoms with Crippen LogP contribution in [0.5, 0.6) is 0 Å². The monoisotopic (exact) mass is 334 g/mol. The lowest BCUT2D eigenvalue weighted by molar-refractivity contribution is -0.137. The molecule has 0 aliphatic rings. The topological polar surface area (TPSA) is 95.5 Å². The van der Waals surface area contributed by atoms with Gasteiger partial charge in [0.1, 0.15) is 0 Å². The lowest BCUT2D eigenvalue weighted by atomic mass is 9.98. The Bertz CT molecular complexity index is 572. The van der Waals surface area contributed by atoms with Crippen LogP contribution in [0.25, 0.3) is 0 Å². The Morgan fingerprint density at radius 2 is 1.79 bits per heavy atom. The zero-order valence-electron chi connectivity index (χ0n) is 14.3. The minimum absolute atomic E-state index is 0.0642. The number of carbonyl (C=O) groups excluding carboxylic acids is 2. The number of carboxylic acid groups (broad SMARTS) is 1. The number of nitrogens with one attached hydrogen (secondary N) is 2. The van der Waals surface area contributed by atoms with Crippen LogP contribution in [0.4, 0.5) is 0 Å². The molecule has 0 aliphatic heterocycles. The van der Waals surface area contributed by atoms with Crippen molar-refractivity contribution in [3.8, 4) is 0 Å². The van der Waals surface area contributed by atoms with E-state index in [9.17, 15) is 14.4 Å². The number of carboxylic acids is 1. The average molecular weight is 334 g/mol. The summed E-state index contributed by atoms with van der Waals surface area (Å²) in [7, 11) is 0. The van der Waals surface area contributed by atoms with Crippen LogP contribution in [-0.2, 0) is 14.4 Å². The van der Waals surface area contributed by atoms with Crippen LogP contribution in [0.15, 0.2) is 24.3 Å².